The van der Waals surface area contributed by atoms with Gasteiger partial charge in [-0.05, 0) is 49.2 Å². The fourth-order valence-corrected chi connectivity index (χ4v) is 2.05. The summed E-state index contributed by atoms with van der Waals surface area (Å²) >= 11 is 0. The van der Waals surface area contributed by atoms with Crippen molar-refractivity contribution in [2.24, 2.45) is 5.10 Å². The number of hydrogen-bond donors (Lipinski definition) is 1. The number of benzene rings is 2. The molecule has 2 aromatic carbocycles. The zero-order valence-corrected chi connectivity index (χ0v) is 13.4. The van der Waals surface area contributed by atoms with Crippen molar-refractivity contribution in [1.82, 2.24) is 5.43 Å². The largest absolute Gasteiger partial charge is 0.494 e. The van der Waals surface area contributed by atoms with Crippen LogP contribution in [0.5, 0.6) is 5.75 Å². The van der Waals surface area contributed by atoms with Gasteiger partial charge in [0.25, 0.3) is 5.91 Å². The van der Waals surface area contributed by atoms with Crippen LogP contribution in [0.2, 0.25) is 0 Å². The summed E-state index contributed by atoms with van der Waals surface area (Å²) in [5.74, 6) is -0.608. The highest BCUT2D eigenvalue weighted by Crippen LogP contribution is 2.18. The van der Waals surface area contributed by atoms with E-state index in [9.17, 15) is 9.18 Å². The molecule has 0 spiro atoms. The van der Waals surface area contributed by atoms with Crippen molar-refractivity contribution >= 4 is 11.6 Å². The van der Waals surface area contributed by atoms with E-state index < -0.39 is 5.82 Å². The minimum atomic E-state index is -0.471. The minimum Gasteiger partial charge on any atom is -0.494 e. The Morgan fingerprint density at radius 3 is 2.39 bits per heavy atom. The molecular formula is C18H19FN2O2. The van der Waals surface area contributed by atoms with E-state index in [1.54, 1.807) is 25.1 Å². The van der Waals surface area contributed by atoms with Crippen molar-refractivity contribution in [3.8, 4) is 5.75 Å². The lowest BCUT2D eigenvalue weighted by atomic mass is 10.1. The van der Waals surface area contributed by atoms with Crippen molar-refractivity contribution < 1.29 is 13.9 Å². The van der Waals surface area contributed by atoms with Crippen LogP contribution in [0, 0.1) is 5.82 Å². The molecule has 1 amide bonds. The van der Waals surface area contributed by atoms with Gasteiger partial charge in [0, 0.05) is 11.1 Å². The third kappa shape index (κ3) is 4.16. The number of nitrogens with one attached hydrogen (secondary N) is 1. The number of rotatable bonds is 5. The predicted molar refractivity (Wildman–Crippen MR) is 88.4 cm³/mol. The normalized spacial score (nSPS) is 11.2. The lowest BCUT2D eigenvalue weighted by Gasteiger charge is -2.06. The molecule has 2 rings (SSSR count). The molecule has 0 bridgehead atoms. The van der Waals surface area contributed by atoms with Gasteiger partial charge >= 0.3 is 0 Å². The van der Waals surface area contributed by atoms with E-state index in [1.807, 2.05) is 12.1 Å². The molecule has 0 saturated carbocycles. The van der Waals surface area contributed by atoms with Gasteiger partial charge in [-0.15, -0.1) is 0 Å². The third-order valence-electron chi connectivity index (χ3n) is 3.52. The number of halogens is 1. The topological polar surface area (TPSA) is 50.7 Å². The molecule has 0 aliphatic carbocycles. The summed E-state index contributed by atoms with van der Waals surface area (Å²) in [5.41, 5.74) is 5.25. The van der Waals surface area contributed by atoms with Crippen LogP contribution < -0.4 is 10.2 Å². The van der Waals surface area contributed by atoms with E-state index in [2.05, 4.69) is 17.5 Å². The summed E-state index contributed by atoms with van der Waals surface area (Å²) < 4.78 is 18.5. The van der Waals surface area contributed by atoms with Gasteiger partial charge in [-0.3, -0.25) is 4.79 Å². The lowest BCUT2D eigenvalue weighted by molar-refractivity contribution is 0.0955. The number of carbonyl (C=O) groups excluding carboxylic acids is 1. The lowest BCUT2D eigenvalue weighted by Crippen LogP contribution is -2.19. The molecule has 0 atom stereocenters. The van der Waals surface area contributed by atoms with Crippen molar-refractivity contribution in [2.45, 2.75) is 20.3 Å². The molecule has 0 unspecified atom stereocenters. The molecule has 5 heteroatoms. The third-order valence-corrected chi connectivity index (χ3v) is 3.52. The standard InChI is InChI=1S/C18H19FN2O2/c1-4-13-5-7-14(8-6-13)18(22)21-20-12(2)15-9-10-17(23-3)16(19)11-15/h5-11H,4H2,1-3H3,(H,21,22)/b20-12-. The zero-order chi connectivity index (χ0) is 16.8. The minimum absolute atomic E-state index is 0.168. The van der Waals surface area contributed by atoms with Crippen LogP contribution >= 0.6 is 0 Å². The summed E-state index contributed by atoms with van der Waals surface area (Å²) in [4.78, 5) is 12.0. The molecule has 0 heterocycles. The smallest absolute Gasteiger partial charge is 0.271 e. The molecule has 0 aliphatic rings. The van der Waals surface area contributed by atoms with Crippen molar-refractivity contribution in [2.75, 3.05) is 7.11 Å². The molecule has 0 fully saturated rings. The second-order valence-corrected chi connectivity index (χ2v) is 5.04. The predicted octanol–water partition coefficient (Wildman–Crippen LogP) is 3.55. The average molecular weight is 314 g/mol. The highest BCUT2D eigenvalue weighted by Gasteiger charge is 2.07. The zero-order valence-electron chi connectivity index (χ0n) is 13.4. The van der Waals surface area contributed by atoms with Gasteiger partial charge in [-0.25, -0.2) is 9.82 Å². The van der Waals surface area contributed by atoms with Gasteiger partial charge in [0.1, 0.15) is 0 Å². The van der Waals surface area contributed by atoms with Crippen LogP contribution in [0.4, 0.5) is 4.39 Å². The summed E-state index contributed by atoms with van der Waals surface area (Å²) in [5, 5.41) is 4.02. The fraction of sp³-hybridized carbons (Fsp3) is 0.222. The number of aryl methyl sites for hydroxylation is 1. The highest BCUT2D eigenvalue weighted by atomic mass is 19.1. The Kier molecular flexibility index (Phi) is 5.46. The number of ether oxygens (including phenoxy) is 1. The van der Waals surface area contributed by atoms with Gasteiger partial charge in [-0.2, -0.15) is 5.10 Å². The van der Waals surface area contributed by atoms with E-state index in [0.29, 0.717) is 16.8 Å². The molecule has 4 nitrogen and oxygen atoms in total. The molecule has 0 aromatic heterocycles. The molecule has 0 saturated heterocycles. The maximum absolute atomic E-state index is 13.7. The monoisotopic (exact) mass is 314 g/mol. The molecule has 0 aliphatic heterocycles. The number of methoxy groups -OCH3 is 1. The maximum atomic E-state index is 13.7. The SMILES string of the molecule is CCc1ccc(C(=O)N/N=C(/C)c2ccc(OC)c(F)c2)cc1. The van der Waals surface area contributed by atoms with Crippen LogP contribution in [0.15, 0.2) is 47.6 Å². The first-order valence-electron chi connectivity index (χ1n) is 7.32. The second-order valence-electron chi connectivity index (χ2n) is 5.04. The molecule has 0 radical (unpaired) electrons. The van der Waals surface area contributed by atoms with Gasteiger partial charge in [0.15, 0.2) is 11.6 Å². The van der Waals surface area contributed by atoms with Crippen LogP contribution in [0.25, 0.3) is 0 Å². The molecule has 23 heavy (non-hydrogen) atoms. The number of hydrazone groups is 1. The summed E-state index contributed by atoms with van der Waals surface area (Å²) in [6.07, 6.45) is 0.919. The molecule has 120 valence electrons. The Labute approximate surface area is 135 Å². The van der Waals surface area contributed by atoms with Crippen LogP contribution in [-0.2, 0) is 6.42 Å². The summed E-state index contributed by atoms with van der Waals surface area (Å²) in [6.45, 7) is 3.75. The first-order valence-corrected chi connectivity index (χ1v) is 7.32. The average Bonchev–Trinajstić information content (AvgIpc) is 2.59. The van der Waals surface area contributed by atoms with Crippen LogP contribution in [-0.4, -0.2) is 18.7 Å². The van der Waals surface area contributed by atoms with E-state index in [1.165, 1.54) is 19.2 Å². The van der Waals surface area contributed by atoms with Gasteiger partial charge < -0.3 is 4.74 Å². The Morgan fingerprint density at radius 2 is 1.83 bits per heavy atom. The quantitative estimate of drug-likeness (QED) is 0.678. The highest BCUT2D eigenvalue weighted by molar-refractivity contribution is 6.00. The second kappa shape index (κ2) is 7.54. The Hall–Kier alpha value is -2.69. The Bertz CT molecular complexity index is 724. The molecular weight excluding hydrogens is 295 g/mol. The van der Waals surface area contributed by atoms with Gasteiger partial charge in [0.05, 0.1) is 12.8 Å². The van der Waals surface area contributed by atoms with Crippen LogP contribution in [0.3, 0.4) is 0 Å². The van der Waals surface area contributed by atoms with E-state index in [0.717, 1.165) is 12.0 Å². The van der Waals surface area contributed by atoms with Gasteiger partial charge in [-0.1, -0.05) is 19.1 Å². The molecule has 2 aromatic rings. The number of hydrogen-bond acceptors (Lipinski definition) is 3. The summed E-state index contributed by atoms with van der Waals surface area (Å²) in [7, 11) is 1.41. The van der Waals surface area contributed by atoms with Crippen molar-refractivity contribution in [1.29, 1.82) is 0 Å². The Morgan fingerprint density at radius 1 is 1.17 bits per heavy atom. The van der Waals surface area contributed by atoms with E-state index >= 15 is 0 Å². The summed E-state index contributed by atoms with van der Waals surface area (Å²) in [6, 6.07) is 11.9. The van der Waals surface area contributed by atoms with Crippen LogP contribution in [0.1, 0.15) is 35.3 Å². The van der Waals surface area contributed by atoms with Crippen molar-refractivity contribution in [3.05, 3.63) is 65.0 Å². The number of amides is 1. The number of carbonyl (C=O) groups is 1. The molecule has 1 N–H and O–H groups in total. The van der Waals surface area contributed by atoms with E-state index in [4.69, 9.17) is 4.74 Å². The first-order chi connectivity index (χ1) is 11.0. The first kappa shape index (κ1) is 16.7. The van der Waals surface area contributed by atoms with Gasteiger partial charge in [0.2, 0.25) is 0 Å². The Balaban J connectivity index is 2.08. The fourth-order valence-electron chi connectivity index (χ4n) is 2.05. The van der Waals surface area contributed by atoms with E-state index in [-0.39, 0.29) is 11.7 Å². The number of nitrogens with zero attached hydrogens (tertiary/aromatic N) is 1. The van der Waals surface area contributed by atoms with Crippen molar-refractivity contribution in [3.63, 3.8) is 0 Å². The maximum Gasteiger partial charge on any atom is 0.271 e.